The maximum Gasteiger partial charge on any atom is 0.267 e. The largest absolute Gasteiger partial charge is 0.351 e. The number of fused-ring (bicyclic) bond motifs is 1. The standard InChI is InChI=1S/C14H15IN2O/c1-8(9-2-3-9)16-14(18)13-7-10-6-11(15)4-5-12(10)17-13/h4-9,17H,2-3H2,1H3,(H,16,18)/t8-/m1/s1. The molecule has 1 aliphatic rings. The number of carbonyl (C=O) groups is 1. The number of aromatic nitrogens is 1. The lowest BCUT2D eigenvalue weighted by Gasteiger charge is -2.11. The second kappa shape index (κ2) is 4.57. The zero-order chi connectivity index (χ0) is 12.7. The molecule has 1 aliphatic carbocycles. The Bertz CT molecular complexity index is 601. The Balaban J connectivity index is 1.82. The molecule has 1 amide bonds. The van der Waals surface area contributed by atoms with Crippen LogP contribution in [0.5, 0.6) is 0 Å². The van der Waals surface area contributed by atoms with Gasteiger partial charge in [-0.05, 0) is 72.5 Å². The van der Waals surface area contributed by atoms with E-state index in [-0.39, 0.29) is 11.9 Å². The van der Waals surface area contributed by atoms with Gasteiger partial charge in [0.25, 0.3) is 5.91 Å². The number of amides is 1. The average Bonchev–Trinajstić information content (AvgIpc) is 3.09. The molecule has 1 aromatic carbocycles. The number of aromatic amines is 1. The summed E-state index contributed by atoms with van der Waals surface area (Å²) in [6.45, 7) is 2.08. The Kier molecular flexibility index (Phi) is 3.05. The summed E-state index contributed by atoms with van der Waals surface area (Å²) in [5, 5.41) is 4.15. The van der Waals surface area contributed by atoms with E-state index in [9.17, 15) is 4.79 Å². The van der Waals surface area contributed by atoms with Crippen molar-refractivity contribution < 1.29 is 4.79 Å². The third kappa shape index (κ3) is 2.39. The van der Waals surface area contributed by atoms with Gasteiger partial charge >= 0.3 is 0 Å². The van der Waals surface area contributed by atoms with E-state index < -0.39 is 0 Å². The molecule has 1 heterocycles. The van der Waals surface area contributed by atoms with Crippen molar-refractivity contribution in [2.75, 3.05) is 0 Å². The molecule has 0 radical (unpaired) electrons. The summed E-state index contributed by atoms with van der Waals surface area (Å²) >= 11 is 2.28. The van der Waals surface area contributed by atoms with E-state index in [4.69, 9.17) is 0 Å². The molecule has 0 unspecified atom stereocenters. The van der Waals surface area contributed by atoms with Crippen LogP contribution in [0, 0.1) is 9.49 Å². The van der Waals surface area contributed by atoms with Gasteiger partial charge in [-0.3, -0.25) is 4.79 Å². The summed E-state index contributed by atoms with van der Waals surface area (Å²) in [4.78, 5) is 15.3. The SMILES string of the molecule is C[C@@H](NC(=O)c1cc2cc(I)ccc2[nH]1)C1CC1. The van der Waals surface area contributed by atoms with Gasteiger partial charge < -0.3 is 10.3 Å². The van der Waals surface area contributed by atoms with Crippen molar-refractivity contribution >= 4 is 39.4 Å². The van der Waals surface area contributed by atoms with Crippen LogP contribution in [0.25, 0.3) is 10.9 Å². The predicted molar refractivity (Wildman–Crippen MR) is 80.7 cm³/mol. The minimum atomic E-state index is 0.000563. The highest BCUT2D eigenvalue weighted by molar-refractivity contribution is 14.1. The van der Waals surface area contributed by atoms with Gasteiger partial charge in [-0.15, -0.1) is 0 Å². The summed E-state index contributed by atoms with van der Waals surface area (Å²) < 4.78 is 1.18. The van der Waals surface area contributed by atoms with Gasteiger partial charge in [-0.2, -0.15) is 0 Å². The van der Waals surface area contributed by atoms with Crippen LogP contribution in [0.1, 0.15) is 30.3 Å². The summed E-state index contributed by atoms with van der Waals surface area (Å²) in [6, 6.07) is 8.33. The van der Waals surface area contributed by atoms with Crippen LogP contribution in [0.3, 0.4) is 0 Å². The number of rotatable bonds is 3. The Hall–Kier alpha value is -1.04. The number of nitrogens with one attached hydrogen (secondary N) is 2. The third-order valence-corrected chi connectivity index (χ3v) is 4.19. The van der Waals surface area contributed by atoms with Crippen LogP contribution < -0.4 is 5.32 Å². The highest BCUT2D eigenvalue weighted by Gasteiger charge is 2.29. The Morgan fingerprint density at radius 3 is 2.94 bits per heavy atom. The lowest BCUT2D eigenvalue weighted by molar-refractivity contribution is 0.0931. The van der Waals surface area contributed by atoms with Gasteiger partial charge in [-0.25, -0.2) is 0 Å². The van der Waals surface area contributed by atoms with Gasteiger partial charge in [0.15, 0.2) is 0 Å². The summed E-state index contributed by atoms with van der Waals surface area (Å²) in [5.41, 5.74) is 1.67. The zero-order valence-corrected chi connectivity index (χ0v) is 12.3. The molecule has 18 heavy (non-hydrogen) atoms. The lowest BCUT2D eigenvalue weighted by Crippen LogP contribution is -2.34. The molecule has 0 bridgehead atoms. The Morgan fingerprint density at radius 2 is 2.22 bits per heavy atom. The average molecular weight is 354 g/mol. The molecule has 0 saturated heterocycles. The molecule has 4 heteroatoms. The van der Waals surface area contributed by atoms with Crippen molar-refractivity contribution in [3.05, 3.63) is 33.5 Å². The zero-order valence-electron chi connectivity index (χ0n) is 10.2. The van der Waals surface area contributed by atoms with Crippen LogP contribution in [0.4, 0.5) is 0 Å². The molecule has 2 N–H and O–H groups in total. The lowest BCUT2D eigenvalue weighted by atomic mass is 10.2. The molecule has 1 aromatic heterocycles. The number of benzene rings is 1. The van der Waals surface area contributed by atoms with Crippen molar-refractivity contribution in [1.82, 2.24) is 10.3 Å². The van der Waals surface area contributed by atoms with Gasteiger partial charge in [0.1, 0.15) is 5.69 Å². The third-order valence-electron chi connectivity index (χ3n) is 3.52. The van der Waals surface area contributed by atoms with E-state index in [0.29, 0.717) is 11.6 Å². The molecular weight excluding hydrogens is 339 g/mol. The maximum absolute atomic E-state index is 12.1. The van der Waals surface area contributed by atoms with E-state index in [1.807, 2.05) is 18.2 Å². The number of carbonyl (C=O) groups excluding carboxylic acids is 1. The number of hydrogen-bond donors (Lipinski definition) is 2. The fourth-order valence-electron chi connectivity index (χ4n) is 2.22. The van der Waals surface area contributed by atoms with E-state index >= 15 is 0 Å². The normalized spacial score (nSPS) is 16.8. The van der Waals surface area contributed by atoms with E-state index in [2.05, 4.69) is 45.9 Å². The molecule has 3 rings (SSSR count). The van der Waals surface area contributed by atoms with Crippen molar-refractivity contribution in [3.8, 4) is 0 Å². The van der Waals surface area contributed by atoms with Gasteiger partial charge in [0.05, 0.1) is 0 Å². The molecule has 94 valence electrons. The first kappa shape index (κ1) is 12.0. The highest BCUT2D eigenvalue weighted by Crippen LogP contribution is 2.32. The van der Waals surface area contributed by atoms with Crippen LogP contribution in [0.2, 0.25) is 0 Å². The fourth-order valence-corrected chi connectivity index (χ4v) is 2.74. The summed E-state index contributed by atoms with van der Waals surface area (Å²) in [7, 11) is 0. The van der Waals surface area contributed by atoms with E-state index in [0.717, 1.165) is 10.9 Å². The van der Waals surface area contributed by atoms with Crippen molar-refractivity contribution in [2.24, 2.45) is 5.92 Å². The second-order valence-electron chi connectivity index (χ2n) is 5.01. The minimum Gasteiger partial charge on any atom is -0.351 e. The minimum absolute atomic E-state index is 0.000563. The highest BCUT2D eigenvalue weighted by atomic mass is 127. The van der Waals surface area contributed by atoms with Crippen molar-refractivity contribution in [2.45, 2.75) is 25.8 Å². The van der Waals surface area contributed by atoms with Crippen LogP contribution in [-0.2, 0) is 0 Å². The Morgan fingerprint density at radius 1 is 1.44 bits per heavy atom. The number of halogens is 1. The molecule has 0 spiro atoms. The summed E-state index contributed by atoms with van der Waals surface area (Å²) in [5.74, 6) is 0.680. The molecule has 1 saturated carbocycles. The summed E-state index contributed by atoms with van der Waals surface area (Å²) in [6.07, 6.45) is 2.48. The second-order valence-corrected chi connectivity index (χ2v) is 6.26. The van der Waals surface area contributed by atoms with Crippen molar-refractivity contribution in [1.29, 1.82) is 0 Å². The van der Waals surface area contributed by atoms with Gasteiger partial charge in [0.2, 0.25) is 0 Å². The smallest absolute Gasteiger partial charge is 0.267 e. The first-order valence-corrected chi connectivity index (χ1v) is 7.30. The fraction of sp³-hybridized carbons (Fsp3) is 0.357. The van der Waals surface area contributed by atoms with E-state index in [1.54, 1.807) is 0 Å². The molecule has 1 atom stereocenters. The Labute approximate surface area is 119 Å². The maximum atomic E-state index is 12.1. The van der Waals surface area contributed by atoms with Crippen LogP contribution >= 0.6 is 22.6 Å². The topological polar surface area (TPSA) is 44.9 Å². The number of hydrogen-bond acceptors (Lipinski definition) is 1. The first-order chi connectivity index (χ1) is 8.63. The van der Waals surface area contributed by atoms with Crippen molar-refractivity contribution in [3.63, 3.8) is 0 Å². The molecule has 2 aromatic rings. The van der Waals surface area contributed by atoms with Crippen LogP contribution in [0.15, 0.2) is 24.3 Å². The first-order valence-electron chi connectivity index (χ1n) is 6.22. The van der Waals surface area contributed by atoms with Gasteiger partial charge in [-0.1, -0.05) is 0 Å². The number of H-pyrrole nitrogens is 1. The molecule has 1 fully saturated rings. The molecule has 3 nitrogen and oxygen atoms in total. The quantitative estimate of drug-likeness (QED) is 0.817. The molecule has 0 aliphatic heterocycles. The predicted octanol–water partition coefficient (Wildman–Crippen LogP) is 3.30. The monoisotopic (exact) mass is 354 g/mol. The molecular formula is C14H15IN2O. The van der Waals surface area contributed by atoms with Gasteiger partial charge in [0, 0.05) is 20.5 Å². The van der Waals surface area contributed by atoms with E-state index in [1.165, 1.54) is 16.4 Å². The van der Waals surface area contributed by atoms with Crippen LogP contribution in [-0.4, -0.2) is 16.9 Å².